The van der Waals surface area contributed by atoms with Crippen molar-refractivity contribution < 1.29 is 4.39 Å². The average molecular weight is 276 g/mol. The highest BCUT2D eigenvalue weighted by Gasteiger charge is 2.08. The number of aromatic nitrogens is 2. The first kappa shape index (κ1) is 14.5. The lowest BCUT2D eigenvalue weighted by Crippen LogP contribution is -2.28. The number of anilines is 1. The number of halogens is 1. The van der Waals surface area contributed by atoms with Crippen molar-refractivity contribution >= 4 is 5.69 Å². The first-order valence-electron chi connectivity index (χ1n) is 6.88. The van der Waals surface area contributed by atoms with Gasteiger partial charge in [-0.1, -0.05) is 0 Å². The van der Waals surface area contributed by atoms with Gasteiger partial charge < -0.3 is 10.6 Å². The van der Waals surface area contributed by atoms with Crippen LogP contribution in [0.15, 0.2) is 36.5 Å². The SMILES string of the molecule is Cn1nccc1CCN(CCCN)c1ccc(F)cc1. The summed E-state index contributed by atoms with van der Waals surface area (Å²) in [6.07, 6.45) is 3.62. The van der Waals surface area contributed by atoms with Crippen molar-refractivity contribution in [2.24, 2.45) is 12.8 Å². The van der Waals surface area contributed by atoms with E-state index in [1.807, 2.05) is 29.9 Å². The Morgan fingerprint density at radius 2 is 1.95 bits per heavy atom. The summed E-state index contributed by atoms with van der Waals surface area (Å²) < 4.78 is 14.9. The second-order valence-corrected chi connectivity index (χ2v) is 4.80. The van der Waals surface area contributed by atoms with Crippen molar-refractivity contribution in [1.82, 2.24) is 9.78 Å². The van der Waals surface area contributed by atoms with E-state index in [-0.39, 0.29) is 5.82 Å². The maximum atomic E-state index is 13.0. The number of nitrogens with zero attached hydrogens (tertiary/aromatic N) is 3. The van der Waals surface area contributed by atoms with Gasteiger partial charge in [-0.3, -0.25) is 4.68 Å². The standard InChI is InChI=1S/C15H21FN4/c1-19-14(7-10-18-19)8-12-20(11-2-9-17)15-5-3-13(16)4-6-15/h3-7,10H,2,8-9,11-12,17H2,1H3. The van der Waals surface area contributed by atoms with E-state index in [1.54, 1.807) is 6.20 Å². The highest BCUT2D eigenvalue weighted by Crippen LogP contribution is 2.16. The van der Waals surface area contributed by atoms with E-state index in [0.717, 1.165) is 31.6 Å². The predicted octanol–water partition coefficient (Wildman–Crippen LogP) is 1.96. The molecule has 2 N–H and O–H groups in total. The zero-order valence-corrected chi connectivity index (χ0v) is 11.8. The molecule has 1 aromatic carbocycles. The first-order valence-corrected chi connectivity index (χ1v) is 6.88. The Kier molecular flexibility index (Phi) is 5.12. The fourth-order valence-corrected chi connectivity index (χ4v) is 2.20. The van der Waals surface area contributed by atoms with Crippen LogP contribution in [0.2, 0.25) is 0 Å². The molecule has 20 heavy (non-hydrogen) atoms. The lowest BCUT2D eigenvalue weighted by molar-refractivity contribution is 0.626. The summed E-state index contributed by atoms with van der Waals surface area (Å²) in [5.41, 5.74) is 7.81. The Hall–Kier alpha value is -1.88. The van der Waals surface area contributed by atoms with Gasteiger partial charge in [0, 0.05) is 44.1 Å². The lowest BCUT2D eigenvalue weighted by atomic mass is 10.2. The highest BCUT2D eigenvalue weighted by molar-refractivity contribution is 5.46. The Labute approximate surface area is 119 Å². The quantitative estimate of drug-likeness (QED) is 0.841. The molecular formula is C15H21FN4. The van der Waals surface area contributed by atoms with Crippen LogP contribution in [0.5, 0.6) is 0 Å². The molecule has 1 aromatic heterocycles. The van der Waals surface area contributed by atoms with Gasteiger partial charge >= 0.3 is 0 Å². The van der Waals surface area contributed by atoms with Crippen LogP contribution in [0.25, 0.3) is 0 Å². The fourth-order valence-electron chi connectivity index (χ4n) is 2.20. The third-order valence-corrected chi connectivity index (χ3v) is 3.38. The molecule has 0 aliphatic rings. The molecule has 0 bridgehead atoms. The Morgan fingerprint density at radius 3 is 2.55 bits per heavy atom. The molecule has 0 spiro atoms. The summed E-state index contributed by atoms with van der Waals surface area (Å²) in [6.45, 7) is 2.40. The number of aryl methyl sites for hydroxylation is 1. The minimum absolute atomic E-state index is 0.209. The van der Waals surface area contributed by atoms with Crippen LogP contribution in [-0.2, 0) is 13.5 Å². The smallest absolute Gasteiger partial charge is 0.123 e. The Morgan fingerprint density at radius 1 is 1.20 bits per heavy atom. The third kappa shape index (κ3) is 3.81. The number of rotatable bonds is 7. The number of hydrogen-bond acceptors (Lipinski definition) is 3. The number of benzene rings is 1. The summed E-state index contributed by atoms with van der Waals surface area (Å²) in [4.78, 5) is 2.24. The maximum absolute atomic E-state index is 13.0. The molecule has 0 amide bonds. The van der Waals surface area contributed by atoms with Gasteiger partial charge in [0.2, 0.25) is 0 Å². The van der Waals surface area contributed by atoms with Gasteiger partial charge in [0.15, 0.2) is 0 Å². The lowest BCUT2D eigenvalue weighted by Gasteiger charge is -2.24. The normalized spacial score (nSPS) is 10.8. The number of hydrogen-bond donors (Lipinski definition) is 1. The van der Waals surface area contributed by atoms with E-state index < -0.39 is 0 Å². The first-order chi connectivity index (χ1) is 9.70. The van der Waals surface area contributed by atoms with E-state index >= 15 is 0 Å². The van der Waals surface area contributed by atoms with Crippen LogP contribution in [0.1, 0.15) is 12.1 Å². The monoisotopic (exact) mass is 276 g/mol. The molecule has 2 rings (SSSR count). The molecule has 0 aliphatic carbocycles. The highest BCUT2D eigenvalue weighted by atomic mass is 19.1. The van der Waals surface area contributed by atoms with E-state index in [0.29, 0.717) is 6.54 Å². The largest absolute Gasteiger partial charge is 0.371 e. The summed E-state index contributed by atoms with van der Waals surface area (Å²) in [7, 11) is 1.94. The molecule has 0 unspecified atom stereocenters. The van der Waals surface area contributed by atoms with E-state index in [9.17, 15) is 4.39 Å². The molecule has 108 valence electrons. The topological polar surface area (TPSA) is 47.1 Å². The second-order valence-electron chi connectivity index (χ2n) is 4.80. The Balaban J connectivity index is 2.03. The average Bonchev–Trinajstić information content (AvgIpc) is 2.86. The van der Waals surface area contributed by atoms with Crippen LogP contribution < -0.4 is 10.6 Å². The zero-order valence-electron chi connectivity index (χ0n) is 11.8. The fraction of sp³-hybridized carbons (Fsp3) is 0.400. The number of nitrogens with two attached hydrogens (primary N) is 1. The summed E-state index contributed by atoms with van der Waals surface area (Å²) in [6, 6.07) is 8.64. The van der Waals surface area contributed by atoms with Crippen molar-refractivity contribution in [2.45, 2.75) is 12.8 Å². The molecule has 0 aliphatic heterocycles. The molecule has 0 saturated heterocycles. The van der Waals surface area contributed by atoms with Crippen molar-refractivity contribution in [3.63, 3.8) is 0 Å². The van der Waals surface area contributed by atoms with E-state index in [1.165, 1.54) is 17.8 Å². The molecule has 4 nitrogen and oxygen atoms in total. The van der Waals surface area contributed by atoms with Gasteiger partial charge in [-0.2, -0.15) is 5.10 Å². The molecule has 0 saturated carbocycles. The van der Waals surface area contributed by atoms with Crippen LogP contribution in [0, 0.1) is 5.82 Å². The van der Waals surface area contributed by atoms with Crippen molar-refractivity contribution in [3.05, 3.63) is 48.0 Å². The van der Waals surface area contributed by atoms with Crippen molar-refractivity contribution in [2.75, 3.05) is 24.5 Å². The van der Waals surface area contributed by atoms with Crippen molar-refractivity contribution in [3.8, 4) is 0 Å². The minimum Gasteiger partial charge on any atom is -0.371 e. The van der Waals surface area contributed by atoms with Crippen LogP contribution in [-0.4, -0.2) is 29.4 Å². The van der Waals surface area contributed by atoms with Gasteiger partial charge in [0.25, 0.3) is 0 Å². The van der Waals surface area contributed by atoms with Crippen LogP contribution >= 0.6 is 0 Å². The van der Waals surface area contributed by atoms with Gasteiger partial charge in [-0.05, 0) is 43.3 Å². The van der Waals surface area contributed by atoms with Gasteiger partial charge in [0.1, 0.15) is 5.82 Å². The van der Waals surface area contributed by atoms with Crippen LogP contribution in [0.4, 0.5) is 10.1 Å². The van der Waals surface area contributed by atoms with Gasteiger partial charge in [-0.25, -0.2) is 4.39 Å². The van der Waals surface area contributed by atoms with Gasteiger partial charge in [0.05, 0.1) is 0 Å². The molecule has 0 fully saturated rings. The molecule has 0 atom stereocenters. The molecular weight excluding hydrogens is 255 g/mol. The minimum atomic E-state index is -0.209. The van der Waals surface area contributed by atoms with E-state index in [4.69, 9.17) is 5.73 Å². The molecule has 2 aromatic rings. The summed E-state index contributed by atoms with van der Waals surface area (Å²) in [5.74, 6) is -0.209. The van der Waals surface area contributed by atoms with E-state index in [2.05, 4.69) is 10.00 Å². The summed E-state index contributed by atoms with van der Waals surface area (Å²) in [5, 5.41) is 4.17. The maximum Gasteiger partial charge on any atom is 0.123 e. The third-order valence-electron chi connectivity index (χ3n) is 3.38. The predicted molar refractivity (Wildman–Crippen MR) is 79.2 cm³/mol. The zero-order chi connectivity index (χ0) is 14.4. The van der Waals surface area contributed by atoms with Crippen LogP contribution in [0.3, 0.4) is 0 Å². The Bertz CT molecular complexity index is 521. The molecule has 5 heteroatoms. The van der Waals surface area contributed by atoms with Crippen molar-refractivity contribution in [1.29, 1.82) is 0 Å². The van der Waals surface area contributed by atoms with Gasteiger partial charge in [-0.15, -0.1) is 0 Å². The second kappa shape index (κ2) is 7.05. The summed E-state index contributed by atoms with van der Waals surface area (Å²) >= 11 is 0. The molecule has 1 heterocycles. The molecule has 0 radical (unpaired) electrons.